The van der Waals surface area contributed by atoms with E-state index in [0.717, 1.165) is 11.1 Å². The first-order valence-electron chi connectivity index (χ1n) is 15.2. The molecule has 0 radical (unpaired) electrons. The van der Waals surface area contributed by atoms with Crippen LogP contribution >= 0.6 is 0 Å². The van der Waals surface area contributed by atoms with Gasteiger partial charge in [-0.1, -0.05) is 81.4 Å². The van der Waals surface area contributed by atoms with Gasteiger partial charge in [0.05, 0.1) is 28.7 Å². The standard InChI is InChI=1S/C33H43N3O8S2/c1-24(2)19-36(46(41,42)28-15-16-31-32(18-28)44-23-43-31)21-30(37)29(17-26-11-7-5-8-12-26)34-33(38)25(3)22-45(39,40)35(4)20-27-13-9-6-10-14-27/h5-16,18,24-25,29-30,37H,17,19-23H2,1-4H3,(H,34,38)/t25-,29?,30-/m1/s1. The molecule has 2 N–H and O–H groups in total. The molecule has 3 aromatic carbocycles. The lowest BCUT2D eigenvalue weighted by Crippen LogP contribution is -2.52. The maximum atomic E-state index is 13.8. The molecule has 4 rings (SSSR count). The van der Waals surface area contributed by atoms with E-state index in [4.69, 9.17) is 9.47 Å². The fraction of sp³-hybridized carbons (Fsp3) is 0.424. The van der Waals surface area contributed by atoms with Crippen LogP contribution in [0.4, 0.5) is 0 Å². The van der Waals surface area contributed by atoms with Crippen molar-refractivity contribution < 1.29 is 36.2 Å². The first-order chi connectivity index (χ1) is 21.8. The van der Waals surface area contributed by atoms with Crippen LogP contribution in [-0.4, -0.2) is 81.3 Å². The van der Waals surface area contributed by atoms with Gasteiger partial charge in [-0.25, -0.2) is 21.1 Å². The first-order valence-corrected chi connectivity index (χ1v) is 18.2. The summed E-state index contributed by atoms with van der Waals surface area (Å²) in [6.07, 6.45) is -1.13. The van der Waals surface area contributed by atoms with E-state index in [0.29, 0.717) is 11.5 Å². The van der Waals surface area contributed by atoms with Crippen LogP contribution in [-0.2, 0) is 37.8 Å². The lowest BCUT2D eigenvalue weighted by Gasteiger charge is -2.31. The zero-order valence-corrected chi connectivity index (χ0v) is 28.2. The molecule has 0 saturated heterocycles. The Hall–Kier alpha value is -3.49. The van der Waals surface area contributed by atoms with Gasteiger partial charge < -0.3 is 19.9 Å². The molecule has 0 aliphatic carbocycles. The van der Waals surface area contributed by atoms with Crippen molar-refractivity contribution >= 4 is 26.0 Å². The van der Waals surface area contributed by atoms with Gasteiger partial charge in [-0.3, -0.25) is 4.79 Å². The topological polar surface area (TPSA) is 143 Å². The average Bonchev–Trinajstić information content (AvgIpc) is 3.49. The van der Waals surface area contributed by atoms with Gasteiger partial charge in [-0.15, -0.1) is 0 Å². The number of carbonyl (C=O) groups excluding carboxylic acids is 1. The maximum absolute atomic E-state index is 13.8. The van der Waals surface area contributed by atoms with Gasteiger partial charge >= 0.3 is 0 Å². The molecule has 3 atom stereocenters. The van der Waals surface area contributed by atoms with Crippen LogP contribution in [0.25, 0.3) is 0 Å². The predicted octanol–water partition coefficient (Wildman–Crippen LogP) is 3.25. The Kier molecular flexibility index (Phi) is 11.8. The number of fused-ring (bicyclic) bond motifs is 1. The summed E-state index contributed by atoms with van der Waals surface area (Å²) in [6, 6.07) is 21.8. The zero-order valence-electron chi connectivity index (χ0n) is 26.6. The minimum atomic E-state index is -4.08. The molecule has 0 fully saturated rings. The lowest BCUT2D eigenvalue weighted by molar-refractivity contribution is -0.125. The lowest BCUT2D eigenvalue weighted by atomic mass is 10.00. The molecule has 0 spiro atoms. The Morgan fingerprint density at radius 1 is 0.870 bits per heavy atom. The second-order valence-corrected chi connectivity index (χ2v) is 16.1. The summed E-state index contributed by atoms with van der Waals surface area (Å²) in [5.41, 5.74) is 1.63. The van der Waals surface area contributed by atoms with E-state index in [-0.39, 0.29) is 43.7 Å². The van der Waals surface area contributed by atoms with Gasteiger partial charge in [0.2, 0.25) is 32.7 Å². The van der Waals surface area contributed by atoms with Gasteiger partial charge in [-0.2, -0.15) is 4.31 Å². The molecular weight excluding hydrogens is 631 g/mol. The summed E-state index contributed by atoms with van der Waals surface area (Å²) in [5, 5.41) is 14.4. The molecule has 1 aliphatic rings. The molecule has 13 heteroatoms. The van der Waals surface area contributed by atoms with Crippen molar-refractivity contribution in [3.63, 3.8) is 0 Å². The quantitative estimate of drug-likeness (QED) is 0.236. The van der Waals surface area contributed by atoms with Crippen LogP contribution in [0.5, 0.6) is 11.5 Å². The minimum Gasteiger partial charge on any atom is -0.454 e. The Morgan fingerprint density at radius 3 is 2.11 bits per heavy atom. The van der Waals surface area contributed by atoms with Crippen molar-refractivity contribution in [1.82, 2.24) is 13.9 Å². The number of ether oxygens (including phenoxy) is 2. The van der Waals surface area contributed by atoms with Crippen LogP contribution in [0, 0.1) is 11.8 Å². The molecule has 0 aromatic heterocycles. The van der Waals surface area contributed by atoms with E-state index >= 15 is 0 Å². The normalized spacial score (nSPS) is 15.2. The summed E-state index contributed by atoms with van der Waals surface area (Å²) in [7, 11) is -6.41. The fourth-order valence-corrected chi connectivity index (χ4v) is 8.16. The smallest absolute Gasteiger partial charge is 0.243 e. The van der Waals surface area contributed by atoms with Crippen molar-refractivity contribution in [1.29, 1.82) is 0 Å². The SMILES string of the molecule is CC(C)CN(C[C@@H](O)C(Cc1ccccc1)NC(=O)[C@H](C)CS(=O)(=O)N(C)Cc1ccccc1)S(=O)(=O)c1ccc2c(c1)OCO2. The average molecular weight is 674 g/mol. The van der Waals surface area contributed by atoms with Crippen molar-refractivity contribution in [2.24, 2.45) is 11.8 Å². The molecule has 1 amide bonds. The molecule has 11 nitrogen and oxygen atoms in total. The first kappa shape index (κ1) is 35.4. The number of sulfonamides is 2. The third-order valence-corrected chi connectivity index (χ3v) is 11.5. The van der Waals surface area contributed by atoms with E-state index in [9.17, 15) is 26.7 Å². The molecule has 1 unspecified atom stereocenters. The number of aliphatic hydroxyl groups is 1. The third-order valence-electron chi connectivity index (χ3n) is 7.66. The van der Waals surface area contributed by atoms with Crippen molar-refractivity contribution in [3.8, 4) is 11.5 Å². The van der Waals surface area contributed by atoms with Crippen LogP contribution in [0.2, 0.25) is 0 Å². The Bertz CT molecular complexity index is 1670. The number of carbonyl (C=O) groups is 1. The number of hydrogen-bond acceptors (Lipinski definition) is 8. The maximum Gasteiger partial charge on any atom is 0.243 e. The minimum absolute atomic E-state index is 0.00282. The Morgan fingerprint density at radius 2 is 1.48 bits per heavy atom. The molecule has 250 valence electrons. The van der Waals surface area contributed by atoms with Gasteiger partial charge in [0.1, 0.15) is 0 Å². The number of benzene rings is 3. The molecule has 1 aliphatic heterocycles. The predicted molar refractivity (Wildman–Crippen MR) is 175 cm³/mol. The van der Waals surface area contributed by atoms with Crippen molar-refractivity contribution in [2.75, 3.05) is 32.7 Å². The highest BCUT2D eigenvalue weighted by atomic mass is 32.2. The summed E-state index contributed by atoms with van der Waals surface area (Å²) in [6.45, 7) is 5.22. The van der Waals surface area contributed by atoms with Crippen molar-refractivity contribution in [2.45, 2.75) is 50.8 Å². The number of rotatable bonds is 16. The zero-order chi connectivity index (χ0) is 33.5. The van der Waals surface area contributed by atoms with Gasteiger partial charge in [0.25, 0.3) is 0 Å². The molecule has 0 bridgehead atoms. The van der Waals surface area contributed by atoms with Crippen LogP contribution in [0.15, 0.2) is 83.8 Å². The van der Waals surface area contributed by atoms with Crippen LogP contribution in [0.1, 0.15) is 31.9 Å². The van der Waals surface area contributed by atoms with Crippen LogP contribution in [0.3, 0.4) is 0 Å². The third kappa shape index (κ3) is 9.29. The highest BCUT2D eigenvalue weighted by Crippen LogP contribution is 2.35. The summed E-state index contributed by atoms with van der Waals surface area (Å²) in [4.78, 5) is 13.4. The molecule has 46 heavy (non-hydrogen) atoms. The Balaban J connectivity index is 1.52. The highest BCUT2D eigenvalue weighted by molar-refractivity contribution is 7.89. The van der Waals surface area contributed by atoms with Gasteiger partial charge in [0, 0.05) is 32.7 Å². The number of aliphatic hydroxyl groups excluding tert-OH is 1. The Labute approximate surface area is 272 Å². The number of amides is 1. The second-order valence-electron chi connectivity index (χ2n) is 12.0. The summed E-state index contributed by atoms with van der Waals surface area (Å²) >= 11 is 0. The van der Waals surface area contributed by atoms with E-state index in [1.165, 1.54) is 40.8 Å². The number of nitrogens with zero attached hydrogens (tertiary/aromatic N) is 2. The number of hydrogen-bond donors (Lipinski definition) is 2. The van der Waals surface area contributed by atoms with Crippen LogP contribution < -0.4 is 14.8 Å². The second kappa shape index (κ2) is 15.4. The van der Waals surface area contributed by atoms with E-state index < -0.39 is 49.8 Å². The monoisotopic (exact) mass is 673 g/mol. The summed E-state index contributed by atoms with van der Waals surface area (Å²) < 4.78 is 67.0. The van der Waals surface area contributed by atoms with E-state index in [2.05, 4.69) is 5.32 Å². The highest BCUT2D eigenvalue weighted by Gasteiger charge is 2.34. The van der Waals surface area contributed by atoms with E-state index in [1.807, 2.05) is 74.5 Å². The summed E-state index contributed by atoms with van der Waals surface area (Å²) in [5.74, 6) is -1.25. The molecule has 3 aromatic rings. The van der Waals surface area contributed by atoms with Gasteiger partial charge in [0.15, 0.2) is 11.5 Å². The number of nitrogens with one attached hydrogen (secondary N) is 1. The molecule has 0 saturated carbocycles. The fourth-order valence-electron chi connectivity index (χ4n) is 5.13. The van der Waals surface area contributed by atoms with Gasteiger partial charge in [-0.05, 0) is 35.6 Å². The largest absolute Gasteiger partial charge is 0.454 e. The molecule has 1 heterocycles. The van der Waals surface area contributed by atoms with E-state index in [1.54, 1.807) is 0 Å². The molecular formula is C33H43N3O8S2. The van der Waals surface area contributed by atoms with Crippen molar-refractivity contribution in [3.05, 3.63) is 90.0 Å².